The van der Waals surface area contributed by atoms with E-state index in [1.807, 2.05) is 0 Å². The molecule has 4 aromatic rings. The van der Waals surface area contributed by atoms with Gasteiger partial charge in [-0.1, -0.05) is 6.07 Å². The normalized spacial score (nSPS) is 14.5. The number of benzene rings is 2. The van der Waals surface area contributed by atoms with Crippen LogP contribution in [0, 0.1) is 23.3 Å². The molecule has 4 rings (SSSR count). The van der Waals surface area contributed by atoms with Gasteiger partial charge in [0.05, 0.1) is 29.8 Å². The van der Waals surface area contributed by atoms with E-state index in [0.717, 1.165) is 29.1 Å². The molecule has 7 nitrogen and oxygen atoms in total. The van der Waals surface area contributed by atoms with Crippen molar-refractivity contribution in [3.05, 3.63) is 88.5 Å². The van der Waals surface area contributed by atoms with Gasteiger partial charge in [0.2, 0.25) is 0 Å². The zero-order valence-electron chi connectivity index (χ0n) is 16.0. The maximum absolute atomic E-state index is 14.7. The van der Waals surface area contributed by atoms with Gasteiger partial charge in [0.15, 0.2) is 11.6 Å². The summed E-state index contributed by atoms with van der Waals surface area (Å²) in [5.74, 6) is -4.29. The molecule has 0 spiro atoms. The van der Waals surface area contributed by atoms with Crippen molar-refractivity contribution in [3.8, 4) is 0 Å². The molecule has 1 N–H and O–H groups in total. The Hall–Kier alpha value is -3.60. The third-order valence-electron chi connectivity index (χ3n) is 5.20. The molecule has 2 atom stereocenters. The van der Waals surface area contributed by atoms with Crippen LogP contribution in [0.4, 0.5) is 17.6 Å². The van der Waals surface area contributed by atoms with Crippen molar-refractivity contribution in [2.75, 3.05) is 0 Å². The zero-order valence-corrected chi connectivity index (χ0v) is 16.0. The maximum Gasteiger partial charge on any atom is 0.261 e. The summed E-state index contributed by atoms with van der Waals surface area (Å²) < 4.78 is 57.5. The molecule has 160 valence electrons. The monoisotopic (exact) mass is 433 g/mol. The summed E-state index contributed by atoms with van der Waals surface area (Å²) in [5, 5.41) is 15.2. The molecule has 0 amide bonds. The summed E-state index contributed by atoms with van der Waals surface area (Å²) in [7, 11) is 0. The van der Waals surface area contributed by atoms with Gasteiger partial charge in [-0.05, 0) is 19.1 Å². The van der Waals surface area contributed by atoms with E-state index in [-0.39, 0.29) is 23.0 Å². The van der Waals surface area contributed by atoms with Crippen LogP contribution in [-0.4, -0.2) is 29.4 Å². The zero-order chi connectivity index (χ0) is 22.3. The van der Waals surface area contributed by atoms with Crippen LogP contribution in [0.1, 0.15) is 18.5 Å². The minimum absolute atomic E-state index is 0.0832. The highest BCUT2D eigenvalue weighted by molar-refractivity contribution is 5.77. The lowest BCUT2D eigenvalue weighted by molar-refractivity contribution is -0.0343. The lowest BCUT2D eigenvalue weighted by atomic mass is 9.86. The predicted molar refractivity (Wildman–Crippen MR) is 101 cm³/mol. The minimum Gasteiger partial charge on any atom is -0.381 e. The largest absolute Gasteiger partial charge is 0.381 e. The third kappa shape index (κ3) is 3.56. The fraction of sp³-hybridized carbons (Fsp3) is 0.200. The van der Waals surface area contributed by atoms with Crippen LogP contribution in [0.2, 0.25) is 0 Å². The summed E-state index contributed by atoms with van der Waals surface area (Å²) in [6.45, 7) is 1.06. The van der Waals surface area contributed by atoms with Gasteiger partial charge < -0.3 is 5.11 Å². The number of nitrogens with zero attached hydrogens (tertiary/aromatic N) is 5. The molecule has 11 heteroatoms. The SMILES string of the molecule is C[C@@H](n1cnc2cc(F)c(F)cc2c1=O)[C@](O)(Cn1cncn1)c1ccc(F)cc1F. The van der Waals surface area contributed by atoms with E-state index in [2.05, 4.69) is 15.1 Å². The topological polar surface area (TPSA) is 85.8 Å². The van der Waals surface area contributed by atoms with Crippen molar-refractivity contribution in [1.29, 1.82) is 0 Å². The Kier molecular flexibility index (Phi) is 5.05. The van der Waals surface area contributed by atoms with Gasteiger partial charge in [-0.2, -0.15) is 5.10 Å². The Bertz CT molecular complexity index is 1330. The van der Waals surface area contributed by atoms with E-state index in [0.29, 0.717) is 12.1 Å². The standard InChI is InChI=1S/C20H15F4N5O2/c1-11(29-10-26-18-6-17(24)16(23)5-13(18)19(29)30)20(31,7-28-9-25-8-27-28)14-3-2-12(21)4-15(14)22/h2-6,8-11,31H,7H2,1H3/t11-,20-/m1/s1. The highest BCUT2D eigenvalue weighted by Crippen LogP contribution is 2.36. The molecule has 2 aromatic carbocycles. The van der Waals surface area contributed by atoms with Gasteiger partial charge in [-0.3, -0.25) is 9.36 Å². The first-order valence-electron chi connectivity index (χ1n) is 9.07. The molecule has 0 aliphatic rings. The number of hydrogen-bond donors (Lipinski definition) is 1. The minimum atomic E-state index is -2.12. The first kappa shape index (κ1) is 20.7. The fourth-order valence-electron chi connectivity index (χ4n) is 3.48. The molecule has 0 unspecified atom stereocenters. The Labute approximate surface area is 172 Å². The summed E-state index contributed by atoms with van der Waals surface area (Å²) in [4.78, 5) is 20.7. The number of fused-ring (bicyclic) bond motifs is 1. The molecule has 0 aliphatic heterocycles. The van der Waals surface area contributed by atoms with Crippen molar-refractivity contribution in [1.82, 2.24) is 24.3 Å². The van der Waals surface area contributed by atoms with Gasteiger partial charge >= 0.3 is 0 Å². The van der Waals surface area contributed by atoms with E-state index in [4.69, 9.17) is 0 Å². The van der Waals surface area contributed by atoms with Gasteiger partial charge in [0.25, 0.3) is 5.56 Å². The lowest BCUT2D eigenvalue weighted by Gasteiger charge is -2.35. The number of hydrogen-bond acceptors (Lipinski definition) is 5. The Balaban J connectivity index is 1.90. The van der Waals surface area contributed by atoms with Gasteiger partial charge in [-0.15, -0.1) is 0 Å². The lowest BCUT2D eigenvalue weighted by Crippen LogP contribution is -2.43. The number of aromatic nitrogens is 5. The Morgan fingerprint density at radius 1 is 1.06 bits per heavy atom. The Morgan fingerprint density at radius 3 is 2.48 bits per heavy atom. The van der Waals surface area contributed by atoms with E-state index < -0.39 is 40.5 Å². The maximum atomic E-state index is 14.7. The van der Waals surface area contributed by atoms with Crippen molar-refractivity contribution in [2.45, 2.75) is 25.1 Å². The molecule has 2 heterocycles. The van der Waals surface area contributed by atoms with Crippen molar-refractivity contribution < 1.29 is 22.7 Å². The van der Waals surface area contributed by atoms with Gasteiger partial charge in [0.1, 0.15) is 29.9 Å². The highest BCUT2D eigenvalue weighted by atomic mass is 19.2. The summed E-state index contributed by atoms with van der Waals surface area (Å²) in [6, 6.07) is 2.94. The van der Waals surface area contributed by atoms with E-state index >= 15 is 0 Å². The number of rotatable bonds is 5. The van der Waals surface area contributed by atoms with Crippen LogP contribution >= 0.6 is 0 Å². The van der Waals surface area contributed by atoms with Crippen molar-refractivity contribution in [3.63, 3.8) is 0 Å². The smallest absolute Gasteiger partial charge is 0.261 e. The van der Waals surface area contributed by atoms with E-state index in [9.17, 15) is 27.5 Å². The average molecular weight is 433 g/mol. The van der Waals surface area contributed by atoms with Crippen LogP contribution in [0.5, 0.6) is 0 Å². The van der Waals surface area contributed by atoms with Crippen LogP contribution < -0.4 is 5.56 Å². The van der Waals surface area contributed by atoms with Gasteiger partial charge in [-0.25, -0.2) is 32.2 Å². The molecule has 0 fully saturated rings. The molecular weight excluding hydrogens is 418 g/mol. The van der Waals surface area contributed by atoms with Crippen LogP contribution in [0.15, 0.2) is 54.1 Å². The average Bonchev–Trinajstić information content (AvgIpc) is 3.22. The number of halogens is 4. The highest BCUT2D eigenvalue weighted by Gasteiger charge is 2.41. The first-order chi connectivity index (χ1) is 14.7. The van der Waals surface area contributed by atoms with Crippen LogP contribution in [0.3, 0.4) is 0 Å². The molecule has 2 aromatic heterocycles. The van der Waals surface area contributed by atoms with Crippen LogP contribution in [0.25, 0.3) is 10.9 Å². The first-order valence-corrected chi connectivity index (χ1v) is 9.07. The summed E-state index contributed by atoms with van der Waals surface area (Å²) >= 11 is 0. The van der Waals surface area contributed by atoms with Crippen molar-refractivity contribution in [2.24, 2.45) is 0 Å². The molecular formula is C20H15F4N5O2. The second-order valence-corrected chi connectivity index (χ2v) is 7.06. The van der Waals surface area contributed by atoms with Crippen molar-refractivity contribution >= 4 is 10.9 Å². The van der Waals surface area contributed by atoms with Gasteiger partial charge in [0, 0.05) is 17.7 Å². The molecule has 0 bridgehead atoms. The van der Waals surface area contributed by atoms with Crippen LogP contribution in [-0.2, 0) is 12.1 Å². The second kappa shape index (κ2) is 7.58. The fourth-order valence-corrected chi connectivity index (χ4v) is 3.48. The molecule has 0 saturated carbocycles. The van der Waals surface area contributed by atoms with E-state index in [1.54, 1.807) is 0 Å². The summed E-state index contributed by atoms with van der Waals surface area (Å²) in [6.07, 6.45) is 3.52. The predicted octanol–water partition coefficient (Wildman–Crippen LogP) is 2.69. The molecule has 0 radical (unpaired) electrons. The summed E-state index contributed by atoms with van der Waals surface area (Å²) in [5.41, 5.74) is -3.28. The molecule has 0 saturated heterocycles. The molecule has 0 aliphatic carbocycles. The molecule has 31 heavy (non-hydrogen) atoms. The number of aliphatic hydroxyl groups is 1. The van der Waals surface area contributed by atoms with E-state index in [1.165, 1.54) is 24.3 Å². The second-order valence-electron chi connectivity index (χ2n) is 7.06. The Morgan fingerprint density at radius 2 is 1.81 bits per heavy atom. The third-order valence-corrected chi connectivity index (χ3v) is 5.20. The quantitative estimate of drug-likeness (QED) is 0.489.